The lowest BCUT2D eigenvalue weighted by atomic mass is 10.1. The molecule has 2 aromatic rings. The van der Waals surface area contributed by atoms with Crippen molar-refractivity contribution >= 4 is 17.3 Å². The third-order valence-electron chi connectivity index (χ3n) is 3.91. The number of rotatable bonds is 4. The lowest BCUT2D eigenvalue weighted by molar-refractivity contribution is 0.1000. The van der Waals surface area contributed by atoms with Crippen LogP contribution in [-0.4, -0.2) is 12.5 Å². The normalized spacial score (nSPS) is 12.6. The Kier molecular flexibility index (Phi) is 3.52. The van der Waals surface area contributed by atoms with E-state index in [9.17, 15) is 4.79 Å². The molecule has 0 fully saturated rings. The monoisotopic (exact) mass is 281 g/mol. The predicted octanol–water partition coefficient (Wildman–Crippen LogP) is 2.67. The van der Waals surface area contributed by atoms with Gasteiger partial charge < -0.3 is 16.4 Å². The number of amides is 1. The lowest BCUT2D eigenvalue weighted by Crippen LogP contribution is -2.11. The average Bonchev–Trinajstić information content (AvgIpc) is 2.94. The molecule has 0 saturated carbocycles. The number of hydrogen-bond acceptors (Lipinski definition) is 3. The number of benzene rings is 2. The summed E-state index contributed by atoms with van der Waals surface area (Å²) in [7, 11) is 0. The fourth-order valence-corrected chi connectivity index (χ4v) is 2.76. The number of nitrogens with one attached hydrogen (secondary N) is 2. The second-order valence-corrected chi connectivity index (χ2v) is 5.38. The van der Waals surface area contributed by atoms with Crippen molar-refractivity contribution in [3.8, 4) is 0 Å². The van der Waals surface area contributed by atoms with Crippen molar-refractivity contribution in [2.24, 2.45) is 5.73 Å². The maximum atomic E-state index is 11.2. The molecule has 0 radical (unpaired) electrons. The Morgan fingerprint density at radius 1 is 1.33 bits per heavy atom. The number of carbonyl (C=O) groups is 1. The van der Waals surface area contributed by atoms with E-state index in [0.717, 1.165) is 30.8 Å². The first-order valence-corrected chi connectivity index (χ1v) is 7.14. The summed E-state index contributed by atoms with van der Waals surface area (Å²) < 4.78 is 0. The highest BCUT2D eigenvalue weighted by Gasteiger charge is 2.13. The van der Waals surface area contributed by atoms with Crippen LogP contribution in [-0.2, 0) is 13.0 Å². The number of anilines is 2. The maximum absolute atomic E-state index is 11.2. The summed E-state index contributed by atoms with van der Waals surface area (Å²) in [6.45, 7) is 3.74. The summed E-state index contributed by atoms with van der Waals surface area (Å²) in [6.07, 6.45) is 1.09. The van der Waals surface area contributed by atoms with Gasteiger partial charge in [-0.05, 0) is 48.2 Å². The smallest absolute Gasteiger partial charge is 0.248 e. The van der Waals surface area contributed by atoms with Gasteiger partial charge in [0.1, 0.15) is 0 Å². The molecule has 1 aliphatic rings. The van der Waals surface area contributed by atoms with Crippen LogP contribution >= 0.6 is 0 Å². The molecule has 0 aromatic heterocycles. The fraction of sp³-hybridized carbons (Fsp3) is 0.235. The Morgan fingerprint density at radius 3 is 2.95 bits per heavy atom. The fourth-order valence-electron chi connectivity index (χ4n) is 2.76. The summed E-state index contributed by atoms with van der Waals surface area (Å²) in [5.41, 5.74) is 11.8. The first-order valence-electron chi connectivity index (χ1n) is 7.14. The topological polar surface area (TPSA) is 67.2 Å². The van der Waals surface area contributed by atoms with Crippen LogP contribution in [0.2, 0.25) is 0 Å². The van der Waals surface area contributed by atoms with E-state index in [-0.39, 0.29) is 0 Å². The van der Waals surface area contributed by atoms with E-state index in [1.807, 2.05) is 19.1 Å². The molecule has 21 heavy (non-hydrogen) atoms. The van der Waals surface area contributed by atoms with Crippen molar-refractivity contribution < 1.29 is 4.79 Å². The number of primary amides is 1. The average molecular weight is 281 g/mol. The standard InChI is InChI=1S/C17H19N3O/c1-11-9-13(17(18)21)5-6-15(11)20-10-14-4-2-3-12-7-8-19-16(12)14/h2-6,9,19-20H,7-8,10H2,1H3,(H2,18,21). The van der Waals surface area contributed by atoms with Gasteiger partial charge in [0, 0.05) is 30.0 Å². The van der Waals surface area contributed by atoms with Crippen LogP contribution in [0.25, 0.3) is 0 Å². The third kappa shape index (κ3) is 2.70. The Bertz CT molecular complexity index is 694. The van der Waals surface area contributed by atoms with E-state index in [0.29, 0.717) is 5.56 Å². The van der Waals surface area contributed by atoms with Gasteiger partial charge in [-0.15, -0.1) is 0 Å². The van der Waals surface area contributed by atoms with Crippen molar-refractivity contribution in [1.82, 2.24) is 0 Å². The van der Waals surface area contributed by atoms with Gasteiger partial charge in [-0.2, -0.15) is 0 Å². The maximum Gasteiger partial charge on any atom is 0.248 e. The van der Waals surface area contributed by atoms with Gasteiger partial charge in [-0.1, -0.05) is 18.2 Å². The quantitative estimate of drug-likeness (QED) is 0.807. The Balaban J connectivity index is 1.77. The van der Waals surface area contributed by atoms with Crippen LogP contribution in [0.4, 0.5) is 11.4 Å². The minimum Gasteiger partial charge on any atom is -0.384 e. The molecule has 3 rings (SSSR count). The van der Waals surface area contributed by atoms with Crippen LogP contribution in [0.1, 0.15) is 27.0 Å². The molecule has 1 aliphatic heterocycles. The van der Waals surface area contributed by atoms with Gasteiger partial charge in [0.25, 0.3) is 0 Å². The molecule has 0 spiro atoms. The number of hydrogen-bond donors (Lipinski definition) is 3. The van der Waals surface area contributed by atoms with Gasteiger partial charge >= 0.3 is 0 Å². The second-order valence-electron chi connectivity index (χ2n) is 5.38. The van der Waals surface area contributed by atoms with Gasteiger partial charge in [-0.25, -0.2) is 0 Å². The van der Waals surface area contributed by atoms with E-state index < -0.39 is 5.91 Å². The molecule has 4 heteroatoms. The number of carbonyl (C=O) groups excluding carboxylic acids is 1. The number of fused-ring (bicyclic) bond motifs is 1. The van der Waals surface area contributed by atoms with Crippen molar-refractivity contribution in [2.45, 2.75) is 19.9 Å². The van der Waals surface area contributed by atoms with Gasteiger partial charge in [-0.3, -0.25) is 4.79 Å². The number of aryl methyl sites for hydroxylation is 1. The molecular formula is C17H19N3O. The van der Waals surface area contributed by atoms with E-state index in [1.165, 1.54) is 16.8 Å². The molecule has 0 aliphatic carbocycles. The minimum absolute atomic E-state index is 0.394. The lowest BCUT2D eigenvalue weighted by Gasteiger charge is -2.13. The van der Waals surface area contributed by atoms with E-state index in [1.54, 1.807) is 6.07 Å². The zero-order valence-electron chi connectivity index (χ0n) is 12.1. The molecule has 108 valence electrons. The molecule has 0 unspecified atom stereocenters. The molecule has 4 nitrogen and oxygen atoms in total. The summed E-state index contributed by atoms with van der Waals surface area (Å²) in [5, 5.41) is 6.88. The summed E-state index contributed by atoms with van der Waals surface area (Å²) in [4.78, 5) is 11.2. The first kappa shape index (κ1) is 13.5. The van der Waals surface area contributed by atoms with Crippen LogP contribution in [0.15, 0.2) is 36.4 Å². The highest BCUT2D eigenvalue weighted by molar-refractivity contribution is 5.93. The zero-order valence-corrected chi connectivity index (χ0v) is 12.1. The molecule has 0 saturated heterocycles. The van der Waals surface area contributed by atoms with Crippen molar-refractivity contribution in [3.63, 3.8) is 0 Å². The first-order chi connectivity index (χ1) is 10.1. The van der Waals surface area contributed by atoms with Crippen LogP contribution in [0.3, 0.4) is 0 Å². The molecular weight excluding hydrogens is 262 g/mol. The highest BCUT2D eigenvalue weighted by Crippen LogP contribution is 2.27. The van der Waals surface area contributed by atoms with Crippen LogP contribution in [0.5, 0.6) is 0 Å². The Morgan fingerprint density at radius 2 is 2.19 bits per heavy atom. The molecule has 0 atom stereocenters. The van der Waals surface area contributed by atoms with Gasteiger partial charge in [0.15, 0.2) is 0 Å². The SMILES string of the molecule is Cc1cc(C(N)=O)ccc1NCc1cccc2c1NCC2. The van der Waals surface area contributed by atoms with Crippen molar-refractivity contribution in [2.75, 3.05) is 17.2 Å². The molecule has 1 heterocycles. The Hall–Kier alpha value is -2.49. The molecule has 0 bridgehead atoms. The predicted molar refractivity (Wildman–Crippen MR) is 85.7 cm³/mol. The third-order valence-corrected chi connectivity index (χ3v) is 3.91. The molecule has 1 amide bonds. The Labute approximate surface area is 124 Å². The van der Waals surface area contributed by atoms with E-state index in [2.05, 4.69) is 28.8 Å². The largest absolute Gasteiger partial charge is 0.384 e. The van der Waals surface area contributed by atoms with Crippen LogP contribution in [0, 0.1) is 6.92 Å². The van der Waals surface area contributed by atoms with Gasteiger partial charge in [0.05, 0.1) is 0 Å². The van der Waals surface area contributed by atoms with Crippen molar-refractivity contribution in [1.29, 1.82) is 0 Å². The highest BCUT2D eigenvalue weighted by atomic mass is 16.1. The molecule has 4 N–H and O–H groups in total. The molecule has 2 aromatic carbocycles. The second kappa shape index (κ2) is 5.48. The summed E-state index contributed by atoms with van der Waals surface area (Å²) >= 11 is 0. The van der Waals surface area contributed by atoms with E-state index in [4.69, 9.17) is 5.73 Å². The number of para-hydroxylation sites is 1. The minimum atomic E-state index is -0.394. The summed E-state index contributed by atoms with van der Waals surface area (Å²) in [5.74, 6) is -0.394. The zero-order chi connectivity index (χ0) is 14.8. The van der Waals surface area contributed by atoms with Crippen molar-refractivity contribution in [3.05, 3.63) is 58.7 Å². The van der Waals surface area contributed by atoms with Crippen LogP contribution < -0.4 is 16.4 Å². The number of nitrogens with two attached hydrogens (primary N) is 1. The van der Waals surface area contributed by atoms with Gasteiger partial charge in [0.2, 0.25) is 5.91 Å². The summed E-state index contributed by atoms with van der Waals surface area (Å²) in [6, 6.07) is 11.9. The van der Waals surface area contributed by atoms with E-state index >= 15 is 0 Å².